The van der Waals surface area contributed by atoms with Crippen LogP contribution in [0.5, 0.6) is 0 Å². The standard InChI is InChI=1S/C26H19N7O2/c34-25(23-13-9-17-5-1-3-7-21(17)30-23)32-27-15-19-11-12-20(29-19)16-28-33-26(35)24-14-10-18-6-2-4-8-22(18)31-24/h1-16,29H,(H,32,34)(H,33,35)/b27-15-,28-16-. The molecule has 3 N–H and O–H groups in total. The topological polar surface area (TPSA) is 124 Å². The van der Waals surface area contributed by atoms with Crippen LogP contribution >= 0.6 is 0 Å². The lowest BCUT2D eigenvalue weighted by molar-refractivity contribution is 0.0942. The Morgan fingerprint density at radius 1 is 0.629 bits per heavy atom. The minimum atomic E-state index is -0.412. The molecule has 0 spiro atoms. The van der Waals surface area contributed by atoms with E-state index in [0.717, 1.165) is 21.8 Å². The molecule has 0 saturated heterocycles. The molecule has 9 nitrogen and oxygen atoms in total. The highest BCUT2D eigenvalue weighted by atomic mass is 16.2. The number of aromatic amines is 1. The van der Waals surface area contributed by atoms with Crippen LogP contribution in [0.15, 0.2) is 95.1 Å². The van der Waals surface area contributed by atoms with E-state index >= 15 is 0 Å². The van der Waals surface area contributed by atoms with E-state index in [9.17, 15) is 9.59 Å². The van der Waals surface area contributed by atoms with Gasteiger partial charge in [0.1, 0.15) is 11.4 Å². The number of benzene rings is 2. The number of nitrogens with zero attached hydrogens (tertiary/aromatic N) is 4. The monoisotopic (exact) mass is 461 g/mol. The SMILES string of the molecule is O=C(N/N=C\c1ccc(/C=N\NC(=O)c2ccc3ccccc3n2)[nH]1)c1ccc2ccccc2n1. The lowest BCUT2D eigenvalue weighted by Gasteiger charge is -2.01. The summed E-state index contributed by atoms with van der Waals surface area (Å²) in [5, 5.41) is 9.84. The molecule has 3 aromatic heterocycles. The Bertz CT molecular complexity index is 1490. The highest BCUT2D eigenvalue weighted by Gasteiger charge is 2.08. The third-order valence-electron chi connectivity index (χ3n) is 5.13. The molecule has 0 atom stereocenters. The molecule has 2 aromatic carbocycles. The van der Waals surface area contributed by atoms with Gasteiger partial charge in [0.05, 0.1) is 34.9 Å². The van der Waals surface area contributed by atoms with E-state index in [4.69, 9.17) is 0 Å². The fraction of sp³-hybridized carbons (Fsp3) is 0. The molecule has 5 aromatic rings. The van der Waals surface area contributed by atoms with Gasteiger partial charge in [-0.15, -0.1) is 0 Å². The molecule has 2 amide bonds. The van der Waals surface area contributed by atoms with Crippen LogP contribution in [-0.4, -0.2) is 39.2 Å². The van der Waals surface area contributed by atoms with Crippen molar-refractivity contribution in [2.75, 3.05) is 0 Å². The molecule has 3 heterocycles. The number of amides is 2. The quantitative estimate of drug-likeness (QED) is 0.264. The number of aromatic nitrogens is 3. The molecule has 0 aliphatic heterocycles. The first kappa shape index (κ1) is 21.7. The summed E-state index contributed by atoms with van der Waals surface area (Å²) in [5.41, 5.74) is 8.22. The number of nitrogens with one attached hydrogen (secondary N) is 3. The number of carbonyl (C=O) groups is 2. The third kappa shape index (κ3) is 5.09. The minimum Gasteiger partial charge on any atom is -0.353 e. The van der Waals surface area contributed by atoms with E-state index in [1.807, 2.05) is 60.7 Å². The Labute approximate surface area is 199 Å². The molecule has 0 aliphatic rings. The zero-order chi connectivity index (χ0) is 24.0. The van der Waals surface area contributed by atoms with E-state index in [1.54, 1.807) is 24.3 Å². The summed E-state index contributed by atoms with van der Waals surface area (Å²) in [6, 6.07) is 25.6. The average Bonchev–Trinajstić information content (AvgIpc) is 3.35. The van der Waals surface area contributed by atoms with Crippen LogP contribution in [0.3, 0.4) is 0 Å². The summed E-state index contributed by atoms with van der Waals surface area (Å²) in [6.07, 6.45) is 2.93. The van der Waals surface area contributed by atoms with Crippen molar-refractivity contribution in [3.63, 3.8) is 0 Å². The number of hydrazone groups is 2. The Morgan fingerprint density at radius 2 is 1.09 bits per heavy atom. The van der Waals surface area contributed by atoms with Crippen molar-refractivity contribution >= 4 is 46.0 Å². The summed E-state index contributed by atoms with van der Waals surface area (Å²) >= 11 is 0. The Morgan fingerprint density at radius 3 is 1.57 bits per heavy atom. The molecular weight excluding hydrogens is 442 g/mol. The van der Waals surface area contributed by atoms with Gasteiger partial charge in [0.15, 0.2) is 0 Å². The maximum atomic E-state index is 12.3. The number of pyridine rings is 2. The fourth-order valence-corrected chi connectivity index (χ4v) is 3.40. The van der Waals surface area contributed by atoms with Crippen molar-refractivity contribution < 1.29 is 9.59 Å². The van der Waals surface area contributed by atoms with Crippen molar-refractivity contribution in [2.45, 2.75) is 0 Å². The summed E-state index contributed by atoms with van der Waals surface area (Å²) < 4.78 is 0. The zero-order valence-electron chi connectivity index (χ0n) is 18.3. The van der Waals surface area contributed by atoms with Crippen LogP contribution in [0.25, 0.3) is 21.8 Å². The molecule has 0 aliphatic carbocycles. The normalized spacial score (nSPS) is 11.4. The maximum Gasteiger partial charge on any atom is 0.289 e. The van der Waals surface area contributed by atoms with Gasteiger partial charge in [-0.3, -0.25) is 9.59 Å². The summed E-state index contributed by atoms with van der Waals surface area (Å²) in [7, 11) is 0. The maximum absolute atomic E-state index is 12.3. The van der Waals surface area contributed by atoms with Gasteiger partial charge in [-0.25, -0.2) is 20.8 Å². The molecule has 0 bridgehead atoms. The van der Waals surface area contributed by atoms with Crippen molar-refractivity contribution in [3.05, 3.63) is 108 Å². The van der Waals surface area contributed by atoms with Gasteiger partial charge in [-0.2, -0.15) is 10.2 Å². The lowest BCUT2D eigenvalue weighted by atomic mass is 10.2. The first-order valence-electron chi connectivity index (χ1n) is 10.7. The van der Waals surface area contributed by atoms with E-state index in [0.29, 0.717) is 11.4 Å². The van der Waals surface area contributed by atoms with Crippen LogP contribution in [0, 0.1) is 0 Å². The lowest BCUT2D eigenvalue weighted by Crippen LogP contribution is -2.19. The number of hydrogen-bond donors (Lipinski definition) is 3. The average molecular weight is 461 g/mol. The van der Waals surface area contributed by atoms with Crippen molar-refractivity contribution in [3.8, 4) is 0 Å². The Hall–Kier alpha value is -5.18. The second-order valence-electron chi connectivity index (χ2n) is 7.55. The number of fused-ring (bicyclic) bond motifs is 2. The van der Waals surface area contributed by atoms with Gasteiger partial charge in [0.2, 0.25) is 0 Å². The van der Waals surface area contributed by atoms with Gasteiger partial charge in [-0.1, -0.05) is 48.5 Å². The van der Waals surface area contributed by atoms with Gasteiger partial charge in [-0.05, 0) is 36.4 Å². The largest absolute Gasteiger partial charge is 0.353 e. The molecule has 35 heavy (non-hydrogen) atoms. The molecule has 5 rings (SSSR count). The first-order chi connectivity index (χ1) is 17.2. The molecular formula is C26H19N7O2. The predicted molar refractivity (Wildman–Crippen MR) is 134 cm³/mol. The second kappa shape index (κ2) is 9.75. The fourth-order valence-electron chi connectivity index (χ4n) is 3.40. The highest BCUT2D eigenvalue weighted by Crippen LogP contribution is 2.12. The minimum absolute atomic E-state index is 0.275. The van der Waals surface area contributed by atoms with Crippen molar-refractivity contribution in [2.24, 2.45) is 10.2 Å². The van der Waals surface area contributed by atoms with Crippen LogP contribution in [-0.2, 0) is 0 Å². The molecule has 0 fully saturated rings. The zero-order valence-corrected chi connectivity index (χ0v) is 18.3. The number of para-hydroxylation sites is 2. The molecule has 0 radical (unpaired) electrons. The molecule has 170 valence electrons. The van der Waals surface area contributed by atoms with E-state index < -0.39 is 11.8 Å². The Kier molecular flexibility index (Phi) is 6.03. The summed E-state index contributed by atoms with van der Waals surface area (Å²) in [6.45, 7) is 0. The second-order valence-corrected chi connectivity index (χ2v) is 7.55. The van der Waals surface area contributed by atoms with Gasteiger partial charge in [0, 0.05) is 10.8 Å². The number of carbonyl (C=O) groups excluding carboxylic acids is 2. The van der Waals surface area contributed by atoms with Crippen LogP contribution in [0.1, 0.15) is 32.4 Å². The van der Waals surface area contributed by atoms with Crippen LogP contribution < -0.4 is 10.9 Å². The number of hydrogen-bond acceptors (Lipinski definition) is 6. The van der Waals surface area contributed by atoms with Gasteiger partial charge >= 0.3 is 0 Å². The summed E-state index contributed by atoms with van der Waals surface area (Å²) in [5.74, 6) is -0.823. The molecule has 9 heteroatoms. The smallest absolute Gasteiger partial charge is 0.289 e. The van der Waals surface area contributed by atoms with Crippen molar-refractivity contribution in [1.29, 1.82) is 0 Å². The predicted octanol–water partition coefficient (Wildman–Crippen LogP) is 3.64. The summed E-state index contributed by atoms with van der Waals surface area (Å²) in [4.78, 5) is 36.4. The van der Waals surface area contributed by atoms with Crippen LogP contribution in [0.2, 0.25) is 0 Å². The number of rotatable bonds is 6. The van der Waals surface area contributed by atoms with E-state index in [2.05, 4.69) is 36.0 Å². The highest BCUT2D eigenvalue weighted by molar-refractivity contribution is 5.96. The molecule has 0 unspecified atom stereocenters. The Balaban J connectivity index is 1.16. The van der Waals surface area contributed by atoms with Gasteiger partial charge < -0.3 is 4.98 Å². The third-order valence-corrected chi connectivity index (χ3v) is 5.13. The first-order valence-corrected chi connectivity index (χ1v) is 10.7. The number of H-pyrrole nitrogens is 1. The van der Waals surface area contributed by atoms with E-state index in [-0.39, 0.29) is 11.4 Å². The van der Waals surface area contributed by atoms with Crippen molar-refractivity contribution in [1.82, 2.24) is 25.8 Å². The van der Waals surface area contributed by atoms with Crippen LogP contribution in [0.4, 0.5) is 0 Å². The van der Waals surface area contributed by atoms with Gasteiger partial charge in [0.25, 0.3) is 11.8 Å². The molecule has 0 saturated carbocycles. The van der Waals surface area contributed by atoms with E-state index in [1.165, 1.54) is 12.4 Å².